The lowest BCUT2D eigenvalue weighted by Crippen LogP contribution is -2.50. The fraction of sp³-hybridized carbons (Fsp3) is 0.261. The Morgan fingerprint density at radius 2 is 1.84 bits per heavy atom. The summed E-state index contributed by atoms with van der Waals surface area (Å²) in [7, 11) is 0. The number of nitrogens with one attached hydrogen (secondary N) is 3. The van der Waals surface area contributed by atoms with Crippen molar-refractivity contribution in [3.63, 3.8) is 0 Å². The highest BCUT2D eigenvalue weighted by molar-refractivity contribution is 6.07. The predicted octanol–water partition coefficient (Wildman–Crippen LogP) is 2.86. The summed E-state index contributed by atoms with van der Waals surface area (Å²) in [6.45, 7) is 3.30. The number of urea groups is 1. The van der Waals surface area contributed by atoms with Crippen LogP contribution in [0.15, 0.2) is 65.1 Å². The van der Waals surface area contributed by atoms with Crippen LogP contribution in [0.25, 0.3) is 11.0 Å². The Morgan fingerprint density at radius 1 is 1.13 bits per heavy atom. The van der Waals surface area contributed by atoms with Crippen LogP contribution in [0.3, 0.4) is 0 Å². The van der Waals surface area contributed by atoms with Crippen LogP contribution in [0.4, 0.5) is 4.79 Å². The highest BCUT2D eigenvalue weighted by Gasteiger charge is 2.47. The number of rotatable bonds is 7. The van der Waals surface area contributed by atoms with E-state index in [-0.39, 0.29) is 12.6 Å². The molecule has 1 fully saturated rings. The van der Waals surface area contributed by atoms with E-state index in [9.17, 15) is 14.4 Å². The molecule has 0 aliphatic carbocycles. The molecule has 2 aromatic carbocycles. The van der Waals surface area contributed by atoms with Gasteiger partial charge in [0.15, 0.2) is 0 Å². The molecule has 31 heavy (non-hydrogen) atoms. The zero-order valence-electron chi connectivity index (χ0n) is 17.3. The van der Waals surface area contributed by atoms with Crippen molar-refractivity contribution in [3.8, 4) is 0 Å². The van der Waals surface area contributed by atoms with E-state index < -0.39 is 23.4 Å². The number of hydrazine groups is 1. The molecule has 0 spiro atoms. The van der Waals surface area contributed by atoms with Crippen LogP contribution in [0.1, 0.15) is 37.6 Å². The monoisotopic (exact) mass is 420 g/mol. The maximum atomic E-state index is 12.6. The molecule has 8 nitrogen and oxygen atoms in total. The molecule has 160 valence electrons. The molecule has 2 atom stereocenters. The first-order valence-electron chi connectivity index (χ1n) is 10.1. The van der Waals surface area contributed by atoms with Crippen molar-refractivity contribution < 1.29 is 18.8 Å². The van der Waals surface area contributed by atoms with Crippen molar-refractivity contribution >= 4 is 28.8 Å². The summed E-state index contributed by atoms with van der Waals surface area (Å²) in [5.41, 5.74) is 3.05. The molecule has 2 heterocycles. The van der Waals surface area contributed by atoms with Crippen LogP contribution >= 0.6 is 0 Å². The summed E-state index contributed by atoms with van der Waals surface area (Å²) in [6.07, 6.45) is 0.421. The summed E-state index contributed by atoms with van der Waals surface area (Å²) in [5, 5.41) is 7.48. The van der Waals surface area contributed by atoms with Gasteiger partial charge >= 0.3 is 6.03 Å². The summed E-state index contributed by atoms with van der Waals surface area (Å²) in [6, 6.07) is 18.2. The van der Waals surface area contributed by atoms with Gasteiger partial charge in [-0.05, 0) is 31.0 Å². The molecule has 0 saturated carbocycles. The highest BCUT2D eigenvalue weighted by atomic mass is 16.3. The van der Waals surface area contributed by atoms with E-state index in [1.165, 1.54) is 0 Å². The van der Waals surface area contributed by atoms with Gasteiger partial charge in [0.1, 0.15) is 16.9 Å². The summed E-state index contributed by atoms with van der Waals surface area (Å²) < 4.78 is 6.00. The van der Waals surface area contributed by atoms with Gasteiger partial charge in [-0.1, -0.05) is 55.5 Å². The molecule has 1 aliphatic heterocycles. The largest absolute Gasteiger partial charge is 0.459 e. The van der Waals surface area contributed by atoms with Crippen LogP contribution in [-0.4, -0.2) is 34.9 Å². The van der Waals surface area contributed by atoms with Gasteiger partial charge in [0.05, 0.1) is 12.6 Å². The van der Waals surface area contributed by atoms with Gasteiger partial charge in [-0.3, -0.25) is 20.3 Å². The SMILES string of the molecule is CC[C@]1(C)NC(=O)N(NC(=O)CN[C@H](c2ccccc2)c2cc3ccccc3o2)C1=O. The van der Waals surface area contributed by atoms with Crippen molar-refractivity contribution in [2.24, 2.45) is 0 Å². The van der Waals surface area contributed by atoms with Crippen molar-refractivity contribution in [1.82, 2.24) is 21.1 Å². The van der Waals surface area contributed by atoms with Gasteiger partial charge in [-0.15, -0.1) is 0 Å². The number of fused-ring (bicyclic) bond motifs is 1. The standard InChI is InChI=1S/C23H24N4O4/c1-3-23(2)21(29)27(22(30)25-23)26-19(28)14-24-20(15-9-5-4-6-10-15)18-13-16-11-7-8-12-17(16)31-18/h4-13,20,24H,3,14H2,1-2H3,(H,25,30)(H,26,28)/t20-,23+/m1/s1. The zero-order valence-corrected chi connectivity index (χ0v) is 17.3. The van der Waals surface area contributed by atoms with E-state index in [0.717, 1.165) is 21.5 Å². The van der Waals surface area contributed by atoms with Crippen LogP contribution in [0, 0.1) is 0 Å². The molecule has 8 heteroatoms. The smallest absolute Gasteiger partial charge is 0.344 e. The maximum Gasteiger partial charge on any atom is 0.344 e. The third-order valence-corrected chi connectivity index (χ3v) is 5.53. The van der Waals surface area contributed by atoms with Crippen molar-refractivity contribution in [1.29, 1.82) is 0 Å². The number of hydrogen-bond acceptors (Lipinski definition) is 5. The van der Waals surface area contributed by atoms with Gasteiger partial charge in [-0.2, -0.15) is 5.01 Å². The van der Waals surface area contributed by atoms with Crippen molar-refractivity contribution in [2.75, 3.05) is 6.54 Å². The number of benzene rings is 2. The molecule has 4 rings (SSSR count). The second-order valence-corrected chi connectivity index (χ2v) is 7.70. The second-order valence-electron chi connectivity index (χ2n) is 7.70. The van der Waals surface area contributed by atoms with Crippen LogP contribution in [0.2, 0.25) is 0 Å². The minimum atomic E-state index is -1.02. The number of imide groups is 1. The molecule has 0 radical (unpaired) electrons. The first kappa shape index (κ1) is 20.6. The average Bonchev–Trinajstić information content (AvgIpc) is 3.29. The van der Waals surface area contributed by atoms with E-state index >= 15 is 0 Å². The lowest BCUT2D eigenvalue weighted by Gasteiger charge is -2.20. The summed E-state index contributed by atoms with van der Waals surface area (Å²) >= 11 is 0. The Morgan fingerprint density at radius 3 is 2.52 bits per heavy atom. The molecule has 4 amide bonds. The Hall–Kier alpha value is -3.65. The van der Waals surface area contributed by atoms with Crippen LogP contribution in [-0.2, 0) is 9.59 Å². The van der Waals surface area contributed by atoms with Crippen LogP contribution in [0.5, 0.6) is 0 Å². The topological polar surface area (TPSA) is 104 Å². The molecule has 1 aliphatic rings. The third-order valence-electron chi connectivity index (χ3n) is 5.53. The minimum Gasteiger partial charge on any atom is -0.459 e. The quantitative estimate of drug-likeness (QED) is 0.510. The second kappa shape index (κ2) is 8.23. The fourth-order valence-corrected chi connectivity index (χ4v) is 3.56. The average molecular weight is 420 g/mol. The maximum absolute atomic E-state index is 12.6. The summed E-state index contributed by atoms with van der Waals surface area (Å²) in [4.78, 5) is 37.1. The van der Waals surface area contributed by atoms with Gasteiger partial charge in [0.2, 0.25) is 0 Å². The number of carbonyl (C=O) groups is 3. The van der Waals surface area contributed by atoms with E-state index in [2.05, 4.69) is 16.1 Å². The number of para-hydroxylation sites is 1. The molecule has 1 aromatic heterocycles. The molecule has 3 aromatic rings. The normalized spacial score (nSPS) is 19.5. The Balaban J connectivity index is 1.50. The first-order chi connectivity index (χ1) is 14.9. The molecule has 1 saturated heterocycles. The lowest BCUT2D eigenvalue weighted by molar-refractivity contribution is -0.138. The predicted molar refractivity (Wildman–Crippen MR) is 115 cm³/mol. The highest BCUT2D eigenvalue weighted by Crippen LogP contribution is 2.28. The van der Waals surface area contributed by atoms with Gasteiger partial charge in [0.25, 0.3) is 11.8 Å². The third kappa shape index (κ3) is 4.02. The number of furan rings is 1. The first-order valence-corrected chi connectivity index (χ1v) is 10.1. The number of carbonyl (C=O) groups excluding carboxylic acids is 3. The van der Waals surface area contributed by atoms with Gasteiger partial charge in [-0.25, -0.2) is 4.79 Å². The fourth-order valence-electron chi connectivity index (χ4n) is 3.56. The van der Waals surface area contributed by atoms with E-state index in [0.29, 0.717) is 12.2 Å². The Bertz CT molecular complexity index is 1090. The Labute approximate surface area is 179 Å². The van der Waals surface area contributed by atoms with E-state index in [1.807, 2.05) is 60.7 Å². The van der Waals surface area contributed by atoms with E-state index in [4.69, 9.17) is 4.42 Å². The van der Waals surface area contributed by atoms with Gasteiger partial charge in [0, 0.05) is 5.39 Å². The molecular formula is C23H24N4O4. The minimum absolute atomic E-state index is 0.128. The zero-order chi connectivity index (χ0) is 22.0. The van der Waals surface area contributed by atoms with Crippen LogP contribution < -0.4 is 16.1 Å². The Kier molecular flexibility index (Phi) is 5.48. The molecular weight excluding hydrogens is 396 g/mol. The van der Waals surface area contributed by atoms with E-state index in [1.54, 1.807) is 13.8 Å². The number of amides is 4. The lowest BCUT2D eigenvalue weighted by atomic mass is 10.00. The van der Waals surface area contributed by atoms with Crippen molar-refractivity contribution in [3.05, 3.63) is 72.0 Å². The number of nitrogens with zero attached hydrogens (tertiary/aromatic N) is 1. The number of hydrogen-bond donors (Lipinski definition) is 3. The molecule has 0 bridgehead atoms. The summed E-state index contributed by atoms with van der Waals surface area (Å²) in [5.74, 6) is -0.333. The van der Waals surface area contributed by atoms with Crippen molar-refractivity contribution in [2.45, 2.75) is 31.8 Å². The van der Waals surface area contributed by atoms with Gasteiger partial charge < -0.3 is 9.73 Å². The molecule has 0 unspecified atom stereocenters. The molecule has 3 N–H and O–H groups in total.